The van der Waals surface area contributed by atoms with Crippen LogP contribution in [0.15, 0.2) is 256 Å². The quantitative estimate of drug-likeness (QED) is 0.136. The molecule has 0 N–H and O–H groups in total. The third-order valence-corrected chi connectivity index (χ3v) is 13.9. The molecule has 0 unspecified atom stereocenters. The molecule has 13 rings (SSSR count). The second-order valence-corrected chi connectivity index (χ2v) is 17.9. The standard InChI is InChI=1S/C66H46N4/c1-3-45-29-37-63-57(41-45)59-43-53(35-39-65(59)69(63)49-21-7-5-8-22-49)67(61-27-15-19-47-17-11-13-25-55(47)61)51-31-33-52(34-32-51)68(62-28-16-20-48-18-12-14-26-56(48)62)54-36-40-66-60(44-54)58-42-46(4-2)30-38-64(58)70(66)50-23-9-6-10-24-50/h3-44H,1-2H2. The Hall–Kier alpha value is -9.38. The summed E-state index contributed by atoms with van der Waals surface area (Å²) in [5, 5.41) is 9.44. The van der Waals surface area contributed by atoms with Crippen LogP contribution in [0.2, 0.25) is 0 Å². The van der Waals surface area contributed by atoms with E-state index in [2.05, 4.69) is 275 Å². The van der Waals surface area contributed by atoms with Gasteiger partial charge < -0.3 is 18.9 Å². The highest BCUT2D eigenvalue weighted by Crippen LogP contribution is 2.46. The maximum Gasteiger partial charge on any atom is 0.0542 e. The predicted octanol–water partition coefficient (Wildman–Crippen LogP) is 18.4. The van der Waals surface area contributed by atoms with Crippen molar-refractivity contribution in [1.29, 1.82) is 0 Å². The molecule has 0 spiro atoms. The highest BCUT2D eigenvalue weighted by Gasteiger charge is 2.22. The van der Waals surface area contributed by atoms with Crippen molar-refractivity contribution in [3.8, 4) is 11.4 Å². The molecule has 2 aromatic heterocycles. The lowest BCUT2D eigenvalue weighted by Gasteiger charge is -2.30. The summed E-state index contributed by atoms with van der Waals surface area (Å²) in [6.45, 7) is 8.26. The Morgan fingerprint density at radius 2 is 0.629 bits per heavy atom. The van der Waals surface area contributed by atoms with E-state index in [0.29, 0.717) is 0 Å². The first-order chi connectivity index (χ1) is 34.6. The second kappa shape index (κ2) is 16.7. The van der Waals surface area contributed by atoms with Gasteiger partial charge in [0.25, 0.3) is 0 Å². The number of nitrogens with zero attached hydrogens (tertiary/aromatic N) is 4. The zero-order valence-corrected chi connectivity index (χ0v) is 38.5. The third kappa shape index (κ3) is 6.69. The predicted molar refractivity (Wildman–Crippen MR) is 300 cm³/mol. The molecule has 4 heteroatoms. The molecular weight excluding hydrogens is 849 g/mol. The van der Waals surface area contributed by atoms with Crippen molar-refractivity contribution in [1.82, 2.24) is 9.13 Å². The first-order valence-corrected chi connectivity index (χ1v) is 23.8. The van der Waals surface area contributed by atoms with Crippen LogP contribution in [0.5, 0.6) is 0 Å². The van der Waals surface area contributed by atoms with Crippen molar-refractivity contribution < 1.29 is 0 Å². The minimum Gasteiger partial charge on any atom is -0.310 e. The number of hydrogen-bond donors (Lipinski definition) is 0. The Balaban J connectivity index is 1.01. The smallest absolute Gasteiger partial charge is 0.0542 e. The fraction of sp³-hybridized carbons (Fsp3) is 0. The van der Waals surface area contributed by atoms with Crippen LogP contribution >= 0.6 is 0 Å². The van der Waals surface area contributed by atoms with Gasteiger partial charge in [0.05, 0.1) is 33.4 Å². The first-order valence-electron chi connectivity index (χ1n) is 23.8. The van der Waals surface area contributed by atoms with Crippen molar-refractivity contribution in [2.75, 3.05) is 9.80 Å². The number of hydrogen-bond acceptors (Lipinski definition) is 2. The lowest BCUT2D eigenvalue weighted by molar-refractivity contribution is 1.18. The molecule has 70 heavy (non-hydrogen) atoms. The van der Waals surface area contributed by atoms with Crippen LogP contribution in [-0.4, -0.2) is 9.13 Å². The Kier molecular flexibility index (Phi) is 9.77. The monoisotopic (exact) mass is 894 g/mol. The number of fused-ring (bicyclic) bond motifs is 8. The van der Waals surface area contributed by atoms with E-state index in [1.54, 1.807) is 0 Å². The summed E-state index contributed by atoms with van der Waals surface area (Å²) >= 11 is 0. The third-order valence-electron chi connectivity index (χ3n) is 13.9. The molecule has 4 nitrogen and oxygen atoms in total. The first kappa shape index (κ1) is 40.9. The molecule has 0 atom stereocenters. The molecule has 0 saturated carbocycles. The summed E-state index contributed by atoms with van der Waals surface area (Å²) in [6, 6.07) is 88.1. The molecule has 330 valence electrons. The highest BCUT2D eigenvalue weighted by atomic mass is 15.2. The van der Waals surface area contributed by atoms with Crippen molar-refractivity contribution in [2.24, 2.45) is 0 Å². The maximum atomic E-state index is 4.13. The largest absolute Gasteiger partial charge is 0.310 e. The molecule has 0 fully saturated rings. The molecular formula is C66H46N4. The SMILES string of the molecule is C=Cc1ccc2c(c1)c1cc(N(c3ccc(N(c4ccc5c(c4)c4cc(C=C)ccc4n5-c4ccccc4)c4cccc5ccccc45)cc3)c3cccc4ccccc34)ccc1n2-c1ccccc1. The Morgan fingerprint density at radius 3 is 1.04 bits per heavy atom. The van der Waals surface area contributed by atoms with Crippen LogP contribution < -0.4 is 9.80 Å². The fourth-order valence-electron chi connectivity index (χ4n) is 10.7. The number of benzene rings is 11. The van der Waals surface area contributed by atoms with Gasteiger partial charge in [-0.25, -0.2) is 0 Å². The molecule has 0 amide bonds. The Labute approximate surface area is 406 Å². The average Bonchev–Trinajstić information content (AvgIpc) is 3.93. The van der Waals surface area contributed by atoms with Gasteiger partial charge in [-0.05, 0) is 143 Å². The van der Waals surface area contributed by atoms with E-state index in [1.165, 1.54) is 43.1 Å². The summed E-state index contributed by atoms with van der Waals surface area (Å²) < 4.78 is 4.74. The average molecular weight is 895 g/mol. The van der Waals surface area contributed by atoms with E-state index in [9.17, 15) is 0 Å². The van der Waals surface area contributed by atoms with Crippen LogP contribution in [0.25, 0.3) is 88.7 Å². The molecule has 11 aromatic carbocycles. The normalized spacial score (nSPS) is 11.5. The van der Waals surface area contributed by atoms with Gasteiger partial charge >= 0.3 is 0 Å². The molecule has 0 aliphatic carbocycles. The summed E-state index contributed by atoms with van der Waals surface area (Å²) in [4.78, 5) is 4.83. The maximum absolute atomic E-state index is 4.13. The van der Waals surface area contributed by atoms with Crippen LogP contribution in [0.1, 0.15) is 11.1 Å². The fourth-order valence-corrected chi connectivity index (χ4v) is 10.7. The number of anilines is 6. The van der Waals surface area contributed by atoms with Crippen LogP contribution in [0.4, 0.5) is 34.1 Å². The van der Waals surface area contributed by atoms with Gasteiger partial charge in [-0.2, -0.15) is 0 Å². The second-order valence-electron chi connectivity index (χ2n) is 17.9. The van der Waals surface area contributed by atoms with E-state index in [0.717, 1.165) is 78.7 Å². The molecule has 0 aliphatic rings. The lowest BCUT2D eigenvalue weighted by Crippen LogP contribution is -2.13. The number of aromatic nitrogens is 2. The summed E-state index contributed by atoms with van der Waals surface area (Å²) in [6.07, 6.45) is 3.86. The summed E-state index contributed by atoms with van der Waals surface area (Å²) in [7, 11) is 0. The van der Waals surface area contributed by atoms with E-state index in [1.807, 2.05) is 12.2 Å². The van der Waals surface area contributed by atoms with Crippen LogP contribution in [0.3, 0.4) is 0 Å². The van der Waals surface area contributed by atoms with E-state index >= 15 is 0 Å². The van der Waals surface area contributed by atoms with Crippen molar-refractivity contribution in [2.45, 2.75) is 0 Å². The molecule has 0 radical (unpaired) electrons. The van der Waals surface area contributed by atoms with Gasteiger partial charge in [-0.1, -0.05) is 147 Å². The zero-order valence-electron chi connectivity index (χ0n) is 38.5. The molecule has 2 heterocycles. The van der Waals surface area contributed by atoms with Crippen molar-refractivity contribution >= 4 is 111 Å². The zero-order chi connectivity index (χ0) is 46.7. The van der Waals surface area contributed by atoms with E-state index < -0.39 is 0 Å². The van der Waals surface area contributed by atoms with Crippen molar-refractivity contribution in [3.05, 3.63) is 267 Å². The van der Waals surface area contributed by atoms with Crippen LogP contribution in [-0.2, 0) is 0 Å². The van der Waals surface area contributed by atoms with E-state index in [-0.39, 0.29) is 0 Å². The minimum atomic E-state index is 1.05. The summed E-state index contributed by atoms with van der Waals surface area (Å²) in [5.41, 5.74) is 15.5. The van der Waals surface area contributed by atoms with Gasteiger partial charge in [0, 0.05) is 66.4 Å². The van der Waals surface area contributed by atoms with Gasteiger partial charge in [-0.15, -0.1) is 0 Å². The van der Waals surface area contributed by atoms with Gasteiger partial charge in [-0.3, -0.25) is 0 Å². The molecule has 0 bridgehead atoms. The molecule has 13 aromatic rings. The lowest BCUT2D eigenvalue weighted by atomic mass is 10.0. The number of para-hydroxylation sites is 2. The van der Waals surface area contributed by atoms with Crippen LogP contribution in [0, 0.1) is 0 Å². The topological polar surface area (TPSA) is 16.3 Å². The highest BCUT2D eigenvalue weighted by molar-refractivity contribution is 6.13. The van der Waals surface area contributed by atoms with Gasteiger partial charge in [0.15, 0.2) is 0 Å². The minimum absolute atomic E-state index is 1.05. The summed E-state index contributed by atoms with van der Waals surface area (Å²) in [5.74, 6) is 0. The molecule has 0 saturated heterocycles. The number of rotatable bonds is 10. The van der Waals surface area contributed by atoms with Crippen molar-refractivity contribution in [3.63, 3.8) is 0 Å². The molecule has 0 aliphatic heterocycles. The van der Waals surface area contributed by atoms with E-state index in [4.69, 9.17) is 0 Å². The van der Waals surface area contributed by atoms with Gasteiger partial charge in [0.2, 0.25) is 0 Å². The Morgan fingerprint density at radius 1 is 0.286 bits per heavy atom. The van der Waals surface area contributed by atoms with Gasteiger partial charge in [0.1, 0.15) is 0 Å². The Bertz CT molecular complexity index is 3880.